The van der Waals surface area contributed by atoms with Crippen LogP contribution in [0.3, 0.4) is 0 Å². The molecule has 0 fully saturated rings. The number of hydrogen-bond acceptors (Lipinski definition) is 2. The van der Waals surface area contributed by atoms with Gasteiger partial charge >= 0.3 is 0 Å². The Morgan fingerprint density at radius 1 is 1.67 bits per heavy atom. The first-order chi connectivity index (χ1) is 7.04. The lowest BCUT2D eigenvalue weighted by molar-refractivity contribution is 0.0947. The highest BCUT2D eigenvalue weighted by molar-refractivity contribution is 5.95. The molecular weight excluding hydrogens is 195 g/mol. The van der Waals surface area contributed by atoms with Crippen LogP contribution in [-0.2, 0) is 0 Å². The maximum absolute atomic E-state index is 12.8. The molecule has 1 amide bonds. The standard InChI is InChI=1S/C11H13FN2O/c1-3-7(2)14-11(15)8-4-5-9(12)10(13)6-8/h3-7H,1,13H2,2H3,(H,14,15). The van der Waals surface area contributed by atoms with Crippen LogP contribution >= 0.6 is 0 Å². The molecule has 1 aromatic carbocycles. The molecule has 0 saturated carbocycles. The first-order valence-electron chi connectivity index (χ1n) is 4.53. The highest BCUT2D eigenvalue weighted by Gasteiger charge is 2.09. The van der Waals surface area contributed by atoms with E-state index >= 15 is 0 Å². The van der Waals surface area contributed by atoms with Crippen LogP contribution in [0.5, 0.6) is 0 Å². The SMILES string of the molecule is C=CC(C)NC(=O)c1ccc(F)c(N)c1. The summed E-state index contributed by atoms with van der Waals surface area (Å²) < 4.78 is 12.8. The van der Waals surface area contributed by atoms with Gasteiger partial charge in [0.2, 0.25) is 0 Å². The van der Waals surface area contributed by atoms with Gasteiger partial charge in [0.15, 0.2) is 0 Å². The number of nitrogens with one attached hydrogen (secondary N) is 1. The Kier molecular flexibility index (Phi) is 3.44. The number of rotatable bonds is 3. The monoisotopic (exact) mass is 208 g/mol. The quantitative estimate of drug-likeness (QED) is 0.587. The lowest BCUT2D eigenvalue weighted by Crippen LogP contribution is -2.30. The summed E-state index contributed by atoms with van der Waals surface area (Å²) in [7, 11) is 0. The van der Waals surface area contributed by atoms with Crippen LogP contribution in [-0.4, -0.2) is 11.9 Å². The lowest BCUT2D eigenvalue weighted by atomic mass is 10.1. The fraction of sp³-hybridized carbons (Fsp3) is 0.182. The minimum absolute atomic E-state index is 0.0334. The number of nitrogens with two attached hydrogens (primary N) is 1. The number of halogens is 1. The van der Waals surface area contributed by atoms with Gasteiger partial charge in [0.25, 0.3) is 5.91 Å². The number of benzene rings is 1. The molecule has 1 atom stereocenters. The summed E-state index contributed by atoms with van der Waals surface area (Å²) in [5.74, 6) is -0.822. The normalized spacial score (nSPS) is 11.9. The van der Waals surface area contributed by atoms with Crippen molar-refractivity contribution in [2.45, 2.75) is 13.0 Å². The summed E-state index contributed by atoms with van der Waals surface area (Å²) in [6.45, 7) is 5.33. The molecule has 0 aliphatic rings. The van der Waals surface area contributed by atoms with Crippen molar-refractivity contribution in [1.82, 2.24) is 5.32 Å². The van der Waals surface area contributed by atoms with Gasteiger partial charge in [-0.25, -0.2) is 4.39 Å². The molecule has 1 aromatic rings. The third-order valence-corrected chi connectivity index (χ3v) is 1.97. The van der Waals surface area contributed by atoms with Gasteiger partial charge in [-0.05, 0) is 25.1 Å². The molecule has 3 nitrogen and oxygen atoms in total. The van der Waals surface area contributed by atoms with E-state index < -0.39 is 5.82 Å². The highest BCUT2D eigenvalue weighted by Crippen LogP contribution is 2.12. The first-order valence-corrected chi connectivity index (χ1v) is 4.53. The third kappa shape index (κ3) is 2.80. The van der Waals surface area contributed by atoms with E-state index in [1.165, 1.54) is 18.2 Å². The molecule has 0 saturated heterocycles. The van der Waals surface area contributed by atoms with Gasteiger partial charge in [-0.3, -0.25) is 4.79 Å². The Hall–Kier alpha value is -1.84. The predicted octanol–water partition coefficient (Wildman–Crippen LogP) is 1.71. The summed E-state index contributed by atoms with van der Waals surface area (Å²) in [6.07, 6.45) is 1.60. The van der Waals surface area contributed by atoms with E-state index in [1.807, 2.05) is 0 Å². The molecule has 0 radical (unpaired) electrons. The number of hydrogen-bond donors (Lipinski definition) is 2. The number of carbonyl (C=O) groups is 1. The van der Waals surface area contributed by atoms with E-state index in [0.717, 1.165) is 0 Å². The molecule has 3 N–H and O–H groups in total. The molecule has 0 heterocycles. The van der Waals surface area contributed by atoms with E-state index in [9.17, 15) is 9.18 Å². The second kappa shape index (κ2) is 4.59. The van der Waals surface area contributed by atoms with Crippen molar-refractivity contribution in [3.05, 3.63) is 42.2 Å². The number of anilines is 1. The van der Waals surface area contributed by atoms with Crippen molar-refractivity contribution in [2.75, 3.05) is 5.73 Å². The van der Waals surface area contributed by atoms with Gasteiger partial charge < -0.3 is 11.1 Å². The molecule has 15 heavy (non-hydrogen) atoms. The Balaban J connectivity index is 2.83. The van der Waals surface area contributed by atoms with Gasteiger partial charge in [0.05, 0.1) is 5.69 Å². The summed E-state index contributed by atoms with van der Waals surface area (Å²) in [5, 5.41) is 2.66. The Bertz CT molecular complexity index is 390. The number of carbonyl (C=O) groups excluding carboxylic acids is 1. The van der Waals surface area contributed by atoms with E-state index in [1.54, 1.807) is 13.0 Å². The molecule has 1 rings (SSSR count). The molecule has 0 aliphatic heterocycles. The van der Waals surface area contributed by atoms with Crippen LogP contribution < -0.4 is 11.1 Å². The third-order valence-electron chi connectivity index (χ3n) is 1.97. The van der Waals surface area contributed by atoms with Gasteiger partial charge in [-0.15, -0.1) is 6.58 Å². The van der Waals surface area contributed by atoms with Crippen molar-refractivity contribution in [1.29, 1.82) is 0 Å². The smallest absolute Gasteiger partial charge is 0.251 e. The summed E-state index contributed by atoms with van der Waals surface area (Å²) in [6, 6.07) is 3.73. The lowest BCUT2D eigenvalue weighted by Gasteiger charge is -2.09. The van der Waals surface area contributed by atoms with E-state index in [0.29, 0.717) is 5.56 Å². The van der Waals surface area contributed by atoms with E-state index in [-0.39, 0.29) is 17.6 Å². The molecule has 0 aromatic heterocycles. The first kappa shape index (κ1) is 11.2. The van der Waals surface area contributed by atoms with Gasteiger partial charge in [0.1, 0.15) is 5.82 Å². The van der Waals surface area contributed by atoms with Gasteiger partial charge in [-0.1, -0.05) is 6.08 Å². The molecule has 0 aliphatic carbocycles. The Morgan fingerprint density at radius 3 is 2.87 bits per heavy atom. The second-order valence-corrected chi connectivity index (χ2v) is 3.23. The van der Waals surface area contributed by atoms with Crippen LogP contribution in [0.1, 0.15) is 17.3 Å². The molecule has 80 valence electrons. The van der Waals surface area contributed by atoms with Crippen molar-refractivity contribution in [2.24, 2.45) is 0 Å². The van der Waals surface area contributed by atoms with Crippen LogP contribution in [0.4, 0.5) is 10.1 Å². The molecule has 0 spiro atoms. The van der Waals surface area contributed by atoms with Gasteiger partial charge in [0, 0.05) is 11.6 Å². The maximum Gasteiger partial charge on any atom is 0.251 e. The minimum Gasteiger partial charge on any atom is -0.396 e. The van der Waals surface area contributed by atoms with E-state index in [2.05, 4.69) is 11.9 Å². The van der Waals surface area contributed by atoms with Crippen LogP contribution in [0.15, 0.2) is 30.9 Å². The molecule has 0 bridgehead atoms. The average Bonchev–Trinajstić information content (AvgIpc) is 2.21. The van der Waals surface area contributed by atoms with Crippen LogP contribution in [0.25, 0.3) is 0 Å². The summed E-state index contributed by atoms with van der Waals surface area (Å²) in [5.41, 5.74) is 5.65. The summed E-state index contributed by atoms with van der Waals surface area (Å²) in [4.78, 5) is 11.5. The molecule has 4 heteroatoms. The largest absolute Gasteiger partial charge is 0.396 e. The second-order valence-electron chi connectivity index (χ2n) is 3.23. The zero-order valence-corrected chi connectivity index (χ0v) is 8.46. The number of nitrogen functional groups attached to an aromatic ring is 1. The van der Waals surface area contributed by atoms with Gasteiger partial charge in [-0.2, -0.15) is 0 Å². The van der Waals surface area contributed by atoms with Crippen molar-refractivity contribution < 1.29 is 9.18 Å². The number of amides is 1. The fourth-order valence-corrected chi connectivity index (χ4v) is 1.03. The molecule has 1 unspecified atom stereocenters. The fourth-order valence-electron chi connectivity index (χ4n) is 1.03. The predicted molar refractivity (Wildman–Crippen MR) is 57.9 cm³/mol. The van der Waals surface area contributed by atoms with Crippen molar-refractivity contribution in [3.8, 4) is 0 Å². The van der Waals surface area contributed by atoms with Crippen LogP contribution in [0.2, 0.25) is 0 Å². The molecular formula is C11H13FN2O. The van der Waals surface area contributed by atoms with Crippen molar-refractivity contribution >= 4 is 11.6 Å². The Labute approximate surface area is 87.8 Å². The summed E-state index contributed by atoms with van der Waals surface area (Å²) >= 11 is 0. The highest BCUT2D eigenvalue weighted by atomic mass is 19.1. The van der Waals surface area contributed by atoms with E-state index in [4.69, 9.17) is 5.73 Å². The topological polar surface area (TPSA) is 55.1 Å². The Morgan fingerprint density at radius 2 is 2.33 bits per heavy atom. The maximum atomic E-state index is 12.8. The zero-order chi connectivity index (χ0) is 11.4. The average molecular weight is 208 g/mol. The zero-order valence-electron chi connectivity index (χ0n) is 8.46. The van der Waals surface area contributed by atoms with Crippen LogP contribution in [0, 0.1) is 5.82 Å². The minimum atomic E-state index is -0.525. The van der Waals surface area contributed by atoms with Crippen molar-refractivity contribution in [3.63, 3.8) is 0 Å².